The first kappa shape index (κ1) is 12.7. The average Bonchev–Trinajstić information content (AvgIpc) is 2.22. The van der Waals surface area contributed by atoms with Crippen LogP contribution in [0.3, 0.4) is 0 Å². The van der Waals surface area contributed by atoms with E-state index < -0.39 is 0 Å². The van der Waals surface area contributed by atoms with Gasteiger partial charge in [0, 0.05) is 7.11 Å². The van der Waals surface area contributed by atoms with Gasteiger partial charge in [-0.05, 0) is 31.3 Å². The average molecular weight is 213 g/mol. The Morgan fingerprint density at radius 1 is 1.40 bits per heavy atom. The number of hydrogen-bond acceptors (Lipinski definition) is 3. The van der Waals surface area contributed by atoms with Crippen molar-refractivity contribution in [3.05, 3.63) is 0 Å². The van der Waals surface area contributed by atoms with Gasteiger partial charge in [-0.3, -0.25) is 9.69 Å². The minimum absolute atomic E-state index is 0.192. The molecule has 1 aliphatic heterocycles. The highest BCUT2D eigenvalue weighted by molar-refractivity contribution is 5.81. The van der Waals surface area contributed by atoms with Crippen LogP contribution in [0.5, 0.6) is 0 Å². The van der Waals surface area contributed by atoms with E-state index in [9.17, 15) is 4.79 Å². The Morgan fingerprint density at radius 2 is 2.00 bits per heavy atom. The molecular weight excluding hydrogens is 190 g/mol. The normalized spacial score (nSPS) is 21.5. The summed E-state index contributed by atoms with van der Waals surface area (Å²) in [5.74, 6) is 0.192. The number of likely N-dealkylation sites (tertiary alicyclic amines) is 1. The number of methoxy groups -OCH3 is 1. The molecule has 0 aromatic heterocycles. The first-order chi connectivity index (χ1) is 7.09. The molecule has 1 fully saturated rings. The molecule has 15 heavy (non-hydrogen) atoms. The minimum Gasteiger partial charge on any atom is -0.377 e. The number of ketones is 1. The molecule has 0 N–H and O–H groups in total. The fourth-order valence-corrected chi connectivity index (χ4v) is 2.06. The summed E-state index contributed by atoms with van der Waals surface area (Å²) in [7, 11) is 1.57. The first-order valence-electron chi connectivity index (χ1n) is 5.82. The van der Waals surface area contributed by atoms with E-state index in [1.165, 1.54) is 19.3 Å². The lowest BCUT2D eigenvalue weighted by atomic mass is 9.78. The summed E-state index contributed by atoms with van der Waals surface area (Å²) in [5.41, 5.74) is 0.501. The number of carbonyl (C=O) groups is 1. The maximum Gasteiger partial charge on any atom is 0.172 e. The molecule has 0 amide bonds. The summed E-state index contributed by atoms with van der Waals surface area (Å²) in [6.45, 7) is 7.53. The van der Waals surface area contributed by atoms with E-state index >= 15 is 0 Å². The Balaban J connectivity index is 2.28. The molecule has 0 bridgehead atoms. The molecule has 0 spiro atoms. The first-order valence-corrected chi connectivity index (χ1v) is 5.82. The van der Waals surface area contributed by atoms with Crippen LogP contribution in [-0.2, 0) is 9.53 Å². The number of hydrogen-bond donors (Lipinski definition) is 0. The molecule has 1 rings (SSSR count). The number of piperidine rings is 1. The van der Waals surface area contributed by atoms with Crippen LogP contribution in [0.15, 0.2) is 0 Å². The minimum atomic E-state index is 0.192. The smallest absolute Gasteiger partial charge is 0.172 e. The van der Waals surface area contributed by atoms with Gasteiger partial charge in [0.1, 0.15) is 6.61 Å². The van der Waals surface area contributed by atoms with E-state index in [1.807, 2.05) is 0 Å². The highest BCUT2D eigenvalue weighted by Gasteiger charge is 2.28. The van der Waals surface area contributed by atoms with Crippen molar-refractivity contribution in [2.75, 3.05) is 33.4 Å². The Bertz CT molecular complexity index is 208. The van der Waals surface area contributed by atoms with E-state index in [1.54, 1.807) is 7.11 Å². The van der Waals surface area contributed by atoms with Crippen molar-refractivity contribution in [2.24, 2.45) is 5.41 Å². The second-order valence-corrected chi connectivity index (χ2v) is 4.91. The van der Waals surface area contributed by atoms with Crippen LogP contribution in [0, 0.1) is 5.41 Å². The van der Waals surface area contributed by atoms with Crippen LogP contribution in [-0.4, -0.2) is 44.0 Å². The number of Topliss-reactive ketones (excluding diaryl/α,β-unsaturated/α-hetero) is 1. The van der Waals surface area contributed by atoms with Crippen LogP contribution in [0.25, 0.3) is 0 Å². The SMILES string of the molecule is CCC1(C)CCN(CC(=O)COC)CC1. The Morgan fingerprint density at radius 3 is 2.47 bits per heavy atom. The molecule has 0 unspecified atom stereocenters. The third-order valence-corrected chi connectivity index (χ3v) is 3.62. The predicted octanol–water partition coefficient (Wildman–Crippen LogP) is 1.71. The van der Waals surface area contributed by atoms with Crippen LogP contribution in [0.1, 0.15) is 33.1 Å². The number of nitrogens with zero attached hydrogens (tertiary/aromatic N) is 1. The molecule has 0 aromatic carbocycles. The van der Waals surface area contributed by atoms with Crippen molar-refractivity contribution in [1.29, 1.82) is 0 Å². The molecule has 0 aromatic rings. The molecule has 0 saturated carbocycles. The molecule has 0 atom stereocenters. The zero-order chi connectivity index (χ0) is 11.3. The van der Waals surface area contributed by atoms with Crippen molar-refractivity contribution in [3.63, 3.8) is 0 Å². The fourth-order valence-electron chi connectivity index (χ4n) is 2.06. The van der Waals surface area contributed by atoms with Gasteiger partial charge in [-0.2, -0.15) is 0 Å². The zero-order valence-corrected chi connectivity index (χ0v) is 10.2. The number of carbonyl (C=O) groups excluding carboxylic acids is 1. The van der Waals surface area contributed by atoms with Gasteiger partial charge in [0.05, 0.1) is 6.54 Å². The standard InChI is InChI=1S/C12H23NO2/c1-4-12(2)5-7-13(8-6-12)9-11(14)10-15-3/h4-10H2,1-3H3. The Labute approximate surface area is 92.8 Å². The summed E-state index contributed by atoms with van der Waals surface area (Å²) >= 11 is 0. The Hall–Kier alpha value is -0.410. The van der Waals surface area contributed by atoms with Gasteiger partial charge < -0.3 is 4.74 Å². The van der Waals surface area contributed by atoms with E-state index in [2.05, 4.69) is 18.7 Å². The molecule has 1 heterocycles. The highest BCUT2D eigenvalue weighted by atomic mass is 16.5. The van der Waals surface area contributed by atoms with Crippen molar-refractivity contribution in [3.8, 4) is 0 Å². The molecule has 3 heteroatoms. The molecule has 88 valence electrons. The lowest BCUT2D eigenvalue weighted by Gasteiger charge is -2.38. The number of rotatable bonds is 5. The maximum absolute atomic E-state index is 11.4. The lowest BCUT2D eigenvalue weighted by Crippen LogP contribution is -2.41. The second-order valence-electron chi connectivity index (χ2n) is 4.91. The van der Waals surface area contributed by atoms with Gasteiger partial charge in [-0.1, -0.05) is 20.3 Å². The molecule has 1 saturated heterocycles. The van der Waals surface area contributed by atoms with Gasteiger partial charge >= 0.3 is 0 Å². The third-order valence-electron chi connectivity index (χ3n) is 3.62. The molecule has 3 nitrogen and oxygen atoms in total. The summed E-state index contributed by atoms with van der Waals surface area (Å²) < 4.78 is 4.83. The topological polar surface area (TPSA) is 29.5 Å². The third kappa shape index (κ3) is 3.92. The predicted molar refractivity (Wildman–Crippen MR) is 61.0 cm³/mol. The molecule has 0 radical (unpaired) electrons. The summed E-state index contributed by atoms with van der Waals surface area (Å²) in [6.07, 6.45) is 3.67. The van der Waals surface area contributed by atoms with Gasteiger partial charge in [-0.15, -0.1) is 0 Å². The van der Waals surface area contributed by atoms with Gasteiger partial charge in [0.25, 0.3) is 0 Å². The van der Waals surface area contributed by atoms with Crippen molar-refractivity contribution < 1.29 is 9.53 Å². The van der Waals surface area contributed by atoms with Crippen molar-refractivity contribution >= 4 is 5.78 Å². The van der Waals surface area contributed by atoms with Gasteiger partial charge in [0.2, 0.25) is 0 Å². The molecular formula is C12H23NO2. The fraction of sp³-hybridized carbons (Fsp3) is 0.917. The van der Waals surface area contributed by atoms with E-state index in [4.69, 9.17) is 4.74 Å². The van der Waals surface area contributed by atoms with E-state index in [-0.39, 0.29) is 12.4 Å². The summed E-state index contributed by atoms with van der Waals surface area (Å²) in [4.78, 5) is 13.6. The largest absolute Gasteiger partial charge is 0.377 e. The molecule has 0 aliphatic carbocycles. The summed E-state index contributed by atoms with van der Waals surface area (Å²) in [6, 6.07) is 0. The quantitative estimate of drug-likeness (QED) is 0.696. The van der Waals surface area contributed by atoms with Crippen molar-refractivity contribution in [1.82, 2.24) is 4.90 Å². The van der Waals surface area contributed by atoms with Crippen LogP contribution >= 0.6 is 0 Å². The van der Waals surface area contributed by atoms with E-state index in [0.29, 0.717) is 12.0 Å². The van der Waals surface area contributed by atoms with Gasteiger partial charge in [0.15, 0.2) is 5.78 Å². The monoisotopic (exact) mass is 213 g/mol. The second kappa shape index (κ2) is 5.61. The Kier molecular flexibility index (Phi) is 4.74. The number of ether oxygens (including phenoxy) is 1. The van der Waals surface area contributed by atoms with E-state index in [0.717, 1.165) is 13.1 Å². The van der Waals surface area contributed by atoms with Crippen molar-refractivity contribution in [2.45, 2.75) is 33.1 Å². The maximum atomic E-state index is 11.4. The van der Waals surface area contributed by atoms with Crippen LogP contribution in [0.2, 0.25) is 0 Å². The zero-order valence-electron chi connectivity index (χ0n) is 10.2. The van der Waals surface area contributed by atoms with Gasteiger partial charge in [-0.25, -0.2) is 0 Å². The highest BCUT2D eigenvalue weighted by Crippen LogP contribution is 2.33. The van der Waals surface area contributed by atoms with Crippen LogP contribution < -0.4 is 0 Å². The van der Waals surface area contributed by atoms with Crippen LogP contribution in [0.4, 0.5) is 0 Å². The summed E-state index contributed by atoms with van der Waals surface area (Å²) in [5, 5.41) is 0. The molecule has 1 aliphatic rings. The lowest BCUT2D eigenvalue weighted by molar-refractivity contribution is -0.124.